The zero-order valence-corrected chi connectivity index (χ0v) is 11.2. The molecule has 1 N–H and O–H groups in total. The van der Waals surface area contributed by atoms with E-state index >= 15 is 0 Å². The summed E-state index contributed by atoms with van der Waals surface area (Å²) in [6.07, 6.45) is 2.43. The first-order valence-electron chi connectivity index (χ1n) is 6.05. The molecule has 18 heavy (non-hydrogen) atoms. The van der Waals surface area contributed by atoms with Crippen LogP contribution in [0.2, 0.25) is 0 Å². The van der Waals surface area contributed by atoms with Gasteiger partial charge in [0.2, 0.25) is 0 Å². The largest absolute Gasteiger partial charge is 0.490 e. The lowest BCUT2D eigenvalue weighted by atomic mass is 10.3. The number of nitrogens with one attached hydrogen (secondary N) is 1. The van der Waals surface area contributed by atoms with Crippen molar-refractivity contribution in [3.63, 3.8) is 0 Å². The normalized spacial score (nSPS) is 21.9. The number of aryl methyl sites for hydroxylation is 1. The number of aromatic nitrogens is 1. The predicted octanol–water partition coefficient (Wildman–Crippen LogP) is 0.546. The highest BCUT2D eigenvalue weighted by molar-refractivity contribution is 7.91. The molecule has 1 aromatic heterocycles. The molecule has 1 atom stereocenters. The van der Waals surface area contributed by atoms with Gasteiger partial charge in [0.1, 0.15) is 12.4 Å². The van der Waals surface area contributed by atoms with Gasteiger partial charge in [-0.1, -0.05) is 0 Å². The molecule has 0 radical (unpaired) electrons. The van der Waals surface area contributed by atoms with E-state index in [-0.39, 0.29) is 11.8 Å². The van der Waals surface area contributed by atoms with Gasteiger partial charge in [0.25, 0.3) is 0 Å². The van der Waals surface area contributed by atoms with Crippen LogP contribution in [0.5, 0.6) is 5.75 Å². The molecule has 1 saturated heterocycles. The maximum atomic E-state index is 11.3. The molecule has 1 fully saturated rings. The lowest BCUT2D eigenvalue weighted by Crippen LogP contribution is -2.33. The summed E-state index contributed by atoms with van der Waals surface area (Å²) in [5.41, 5.74) is 0.862. The van der Waals surface area contributed by atoms with Gasteiger partial charge in [-0.25, -0.2) is 8.42 Å². The second kappa shape index (κ2) is 5.67. The maximum Gasteiger partial charge on any atom is 0.151 e. The van der Waals surface area contributed by atoms with Crippen LogP contribution in [0.3, 0.4) is 0 Å². The van der Waals surface area contributed by atoms with Crippen molar-refractivity contribution in [1.29, 1.82) is 0 Å². The smallest absolute Gasteiger partial charge is 0.151 e. The molecule has 0 bridgehead atoms. The van der Waals surface area contributed by atoms with E-state index in [1.807, 2.05) is 19.1 Å². The van der Waals surface area contributed by atoms with Crippen molar-refractivity contribution in [2.45, 2.75) is 19.4 Å². The summed E-state index contributed by atoms with van der Waals surface area (Å²) in [7, 11) is -2.80. The van der Waals surface area contributed by atoms with E-state index in [4.69, 9.17) is 4.74 Å². The molecular weight excluding hydrogens is 252 g/mol. The highest BCUT2D eigenvalue weighted by Gasteiger charge is 2.26. The van der Waals surface area contributed by atoms with Crippen molar-refractivity contribution in [3.05, 3.63) is 24.0 Å². The molecule has 2 heterocycles. The van der Waals surface area contributed by atoms with E-state index in [0.29, 0.717) is 25.3 Å². The number of nitrogens with zero attached hydrogens (tertiary/aromatic N) is 1. The third-order valence-corrected chi connectivity index (χ3v) is 4.75. The van der Waals surface area contributed by atoms with E-state index in [1.54, 1.807) is 6.20 Å². The number of hydrogen-bond acceptors (Lipinski definition) is 5. The highest BCUT2D eigenvalue weighted by Crippen LogP contribution is 2.13. The highest BCUT2D eigenvalue weighted by atomic mass is 32.2. The van der Waals surface area contributed by atoms with E-state index in [1.165, 1.54) is 0 Å². The average molecular weight is 270 g/mol. The van der Waals surface area contributed by atoms with Crippen LogP contribution in [0.1, 0.15) is 12.1 Å². The molecule has 0 amide bonds. The number of rotatable bonds is 5. The molecule has 2 rings (SSSR count). The molecule has 6 heteroatoms. The zero-order valence-electron chi connectivity index (χ0n) is 10.4. The van der Waals surface area contributed by atoms with Crippen molar-refractivity contribution in [1.82, 2.24) is 10.3 Å². The molecular formula is C12H18N2O3S. The van der Waals surface area contributed by atoms with Gasteiger partial charge >= 0.3 is 0 Å². The molecule has 1 aliphatic heterocycles. The third-order valence-electron chi connectivity index (χ3n) is 2.98. The fourth-order valence-electron chi connectivity index (χ4n) is 2.00. The monoisotopic (exact) mass is 270 g/mol. The molecule has 1 aromatic rings. The van der Waals surface area contributed by atoms with Gasteiger partial charge in [0.05, 0.1) is 17.2 Å². The summed E-state index contributed by atoms with van der Waals surface area (Å²) in [6, 6.07) is 3.79. The summed E-state index contributed by atoms with van der Waals surface area (Å²) in [5, 5.41) is 3.20. The Hall–Kier alpha value is -1.14. The van der Waals surface area contributed by atoms with Crippen LogP contribution in [0.15, 0.2) is 18.3 Å². The Bertz CT molecular complexity index is 502. The van der Waals surface area contributed by atoms with Gasteiger partial charge in [-0.15, -0.1) is 0 Å². The minimum absolute atomic E-state index is 0.0774. The van der Waals surface area contributed by atoms with Crippen LogP contribution >= 0.6 is 0 Å². The summed E-state index contributed by atoms with van der Waals surface area (Å²) in [6.45, 7) is 3.06. The lowest BCUT2D eigenvalue weighted by Gasteiger charge is -2.12. The molecule has 5 nitrogen and oxygen atoms in total. The topological polar surface area (TPSA) is 68.3 Å². The molecule has 0 aromatic carbocycles. The van der Waals surface area contributed by atoms with Gasteiger partial charge in [-0.2, -0.15) is 0 Å². The predicted molar refractivity (Wildman–Crippen MR) is 69.5 cm³/mol. The Labute approximate surface area is 107 Å². The SMILES string of the molecule is Cc1ncccc1OCCNC1CCS(=O)(=O)C1. The van der Waals surface area contributed by atoms with Gasteiger partial charge in [-0.05, 0) is 25.5 Å². The van der Waals surface area contributed by atoms with Crippen LogP contribution in [0, 0.1) is 6.92 Å². The molecule has 0 aliphatic carbocycles. The van der Waals surface area contributed by atoms with E-state index in [2.05, 4.69) is 10.3 Å². The standard InChI is InChI=1S/C12H18N2O3S/c1-10-12(3-2-5-13-10)17-7-6-14-11-4-8-18(15,16)9-11/h2-3,5,11,14H,4,6-9H2,1H3. The third kappa shape index (κ3) is 3.68. The molecule has 1 aliphatic rings. The van der Waals surface area contributed by atoms with E-state index < -0.39 is 9.84 Å². The molecule has 0 spiro atoms. The maximum absolute atomic E-state index is 11.3. The van der Waals surface area contributed by atoms with Crippen molar-refractivity contribution >= 4 is 9.84 Å². The van der Waals surface area contributed by atoms with Crippen LogP contribution in [-0.4, -0.2) is 44.1 Å². The Balaban J connectivity index is 1.70. The number of sulfone groups is 1. The number of hydrogen-bond donors (Lipinski definition) is 1. The van der Waals surface area contributed by atoms with Gasteiger partial charge in [-0.3, -0.25) is 4.98 Å². The number of ether oxygens (including phenoxy) is 1. The van der Waals surface area contributed by atoms with Gasteiger partial charge in [0, 0.05) is 18.8 Å². The van der Waals surface area contributed by atoms with Crippen molar-refractivity contribution in [2.75, 3.05) is 24.7 Å². The number of pyridine rings is 1. The first-order chi connectivity index (χ1) is 8.57. The molecule has 100 valence electrons. The first kappa shape index (κ1) is 13.3. The molecule has 1 unspecified atom stereocenters. The van der Waals surface area contributed by atoms with E-state index in [9.17, 15) is 8.42 Å². The zero-order chi connectivity index (χ0) is 13.0. The summed E-state index contributed by atoms with van der Waals surface area (Å²) in [4.78, 5) is 4.13. The minimum atomic E-state index is -2.80. The van der Waals surface area contributed by atoms with Crippen LogP contribution < -0.4 is 10.1 Å². The van der Waals surface area contributed by atoms with Crippen LogP contribution in [0.4, 0.5) is 0 Å². The van der Waals surface area contributed by atoms with Crippen molar-refractivity contribution in [3.8, 4) is 5.75 Å². The van der Waals surface area contributed by atoms with Crippen LogP contribution in [-0.2, 0) is 9.84 Å². The fourth-order valence-corrected chi connectivity index (χ4v) is 3.71. The van der Waals surface area contributed by atoms with E-state index in [0.717, 1.165) is 11.4 Å². The molecule has 0 saturated carbocycles. The van der Waals surface area contributed by atoms with Crippen molar-refractivity contribution < 1.29 is 13.2 Å². The average Bonchev–Trinajstić information content (AvgIpc) is 2.67. The minimum Gasteiger partial charge on any atom is -0.490 e. The lowest BCUT2D eigenvalue weighted by molar-refractivity contribution is 0.304. The van der Waals surface area contributed by atoms with Crippen LogP contribution in [0.25, 0.3) is 0 Å². The summed E-state index contributed by atoms with van der Waals surface area (Å²) >= 11 is 0. The quantitative estimate of drug-likeness (QED) is 0.791. The Morgan fingerprint density at radius 1 is 1.56 bits per heavy atom. The summed E-state index contributed by atoms with van der Waals surface area (Å²) in [5.74, 6) is 1.32. The van der Waals surface area contributed by atoms with Crippen molar-refractivity contribution in [2.24, 2.45) is 0 Å². The first-order valence-corrected chi connectivity index (χ1v) is 7.87. The Morgan fingerprint density at radius 3 is 3.06 bits per heavy atom. The van der Waals surface area contributed by atoms with Gasteiger partial charge < -0.3 is 10.1 Å². The Kier molecular flexibility index (Phi) is 4.19. The second-order valence-electron chi connectivity index (χ2n) is 4.49. The summed E-state index contributed by atoms with van der Waals surface area (Å²) < 4.78 is 28.1. The second-order valence-corrected chi connectivity index (χ2v) is 6.72. The van der Waals surface area contributed by atoms with Gasteiger partial charge in [0.15, 0.2) is 9.84 Å². The Morgan fingerprint density at radius 2 is 2.39 bits per heavy atom. The fraction of sp³-hybridized carbons (Fsp3) is 0.583.